The monoisotopic (exact) mass is 498 g/mol. The van der Waals surface area contributed by atoms with Crippen molar-refractivity contribution in [2.45, 2.75) is 31.7 Å². The maximum Gasteiger partial charge on any atom is 0.418 e. The summed E-state index contributed by atoms with van der Waals surface area (Å²) in [5.41, 5.74) is 2.92. The van der Waals surface area contributed by atoms with E-state index in [1.807, 2.05) is 0 Å². The number of aromatic nitrogens is 3. The van der Waals surface area contributed by atoms with Crippen molar-refractivity contribution in [3.63, 3.8) is 0 Å². The number of aryl methyl sites for hydroxylation is 1. The number of nitrogen functional groups attached to an aromatic ring is 1. The molecule has 0 unspecified atom stereocenters. The molecule has 2 aromatic heterocycles. The third-order valence-corrected chi connectivity index (χ3v) is 5.84. The first-order valence-electron chi connectivity index (χ1n) is 10.4. The Bertz CT molecular complexity index is 1330. The van der Waals surface area contributed by atoms with Crippen LogP contribution in [-0.4, -0.2) is 61.9 Å². The summed E-state index contributed by atoms with van der Waals surface area (Å²) in [7, 11) is 0. The van der Waals surface area contributed by atoms with E-state index < -0.39 is 65.2 Å². The number of alkyl halides is 4. The summed E-state index contributed by atoms with van der Waals surface area (Å²) in [5, 5.41) is 15.1. The van der Waals surface area contributed by atoms with Gasteiger partial charge in [0.05, 0.1) is 29.4 Å². The summed E-state index contributed by atoms with van der Waals surface area (Å²) in [4.78, 5) is 28.4. The van der Waals surface area contributed by atoms with E-state index in [-0.39, 0.29) is 29.8 Å². The predicted octanol–water partition coefficient (Wildman–Crippen LogP) is 3.13. The molecular weight excluding hydrogens is 479 g/mol. The Hall–Kier alpha value is -3.97. The number of nitrogens with zero attached hydrogens (tertiary/aromatic N) is 4. The second-order valence-corrected chi connectivity index (χ2v) is 7.94. The number of carbonyl (C=O) groups is 2. The minimum atomic E-state index is -4.85. The fraction of sp³-hybridized carbons (Fsp3) is 0.333. The van der Waals surface area contributed by atoms with Gasteiger partial charge >= 0.3 is 12.3 Å². The minimum Gasteiger partial charge on any atom is -0.465 e. The van der Waals surface area contributed by atoms with Crippen molar-refractivity contribution in [1.82, 2.24) is 24.8 Å². The molecule has 1 fully saturated rings. The lowest BCUT2D eigenvalue weighted by Crippen LogP contribution is -2.42. The van der Waals surface area contributed by atoms with Crippen LogP contribution in [0.15, 0.2) is 24.5 Å². The summed E-state index contributed by atoms with van der Waals surface area (Å²) < 4.78 is 71.7. The number of hydrogen-bond donors (Lipinski definition) is 3. The summed E-state index contributed by atoms with van der Waals surface area (Å²) in [5.74, 6) is -2.64. The molecule has 0 spiro atoms. The van der Waals surface area contributed by atoms with E-state index in [1.54, 1.807) is 6.92 Å². The number of halogens is 5. The third kappa shape index (κ3) is 4.19. The predicted molar refractivity (Wildman–Crippen MR) is 113 cm³/mol. The highest BCUT2D eigenvalue weighted by Gasteiger charge is 2.39. The summed E-state index contributed by atoms with van der Waals surface area (Å²) in [6.45, 7) is 0.841. The van der Waals surface area contributed by atoms with Crippen molar-refractivity contribution in [2.75, 3.05) is 18.8 Å². The molecule has 4 rings (SSSR count). The SMILES string of the molecule is CCc1ccc(-c2cc(C(F)(F)F)c3c(N)ncnn23)c(F)c1C(=O)N[C@@H]1CN(C(=O)O)C[C@@H]1F. The zero-order valence-corrected chi connectivity index (χ0v) is 18.1. The minimum absolute atomic E-state index is 0.183. The van der Waals surface area contributed by atoms with E-state index in [1.165, 1.54) is 12.1 Å². The summed E-state index contributed by atoms with van der Waals surface area (Å²) >= 11 is 0. The van der Waals surface area contributed by atoms with Gasteiger partial charge in [-0.3, -0.25) is 4.79 Å². The van der Waals surface area contributed by atoms with Crippen LogP contribution in [0.1, 0.15) is 28.4 Å². The number of carboxylic acid groups (broad SMARTS) is 1. The van der Waals surface area contributed by atoms with E-state index in [0.29, 0.717) is 6.07 Å². The maximum atomic E-state index is 15.7. The first-order chi connectivity index (χ1) is 16.4. The first kappa shape index (κ1) is 24.2. The molecule has 1 saturated heterocycles. The van der Waals surface area contributed by atoms with Crippen molar-refractivity contribution in [3.05, 3.63) is 47.0 Å². The standard InChI is InChI=1S/C21H19F5N6O3/c1-2-9-3-4-10(14-5-11(21(24,25)26)17-18(27)28-8-29-32(14)17)16(23)15(9)19(33)30-13-7-31(20(34)35)6-12(13)22/h3-5,8,12-13H,2,6-7H2,1H3,(H,30,33)(H,34,35)(H2,27,28,29)/t12-,13+/m0/s1. The molecular formula is C21H19F5N6O3. The number of benzene rings is 1. The average molecular weight is 498 g/mol. The Morgan fingerprint density at radius 1 is 1.29 bits per heavy atom. The topological polar surface area (TPSA) is 126 Å². The fourth-order valence-electron chi connectivity index (χ4n) is 4.13. The smallest absolute Gasteiger partial charge is 0.418 e. The van der Waals surface area contributed by atoms with Crippen LogP contribution >= 0.6 is 0 Å². The highest BCUT2D eigenvalue weighted by Crippen LogP contribution is 2.39. The Labute approximate surface area is 194 Å². The van der Waals surface area contributed by atoms with Gasteiger partial charge in [0.15, 0.2) is 5.82 Å². The largest absolute Gasteiger partial charge is 0.465 e. The number of amides is 2. The van der Waals surface area contributed by atoms with Gasteiger partial charge < -0.3 is 21.1 Å². The van der Waals surface area contributed by atoms with Gasteiger partial charge in [-0.15, -0.1) is 0 Å². The zero-order chi connectivity index (χ0) is 25.7. The lowest BCUT2D eigenvalue weighted by atomic mass is 9.98. The van der Waals surface area contributed by atoms with Crippen LogP contribution in [0.25, 0.3) is 16.8 Å². The maximum absolute atomic E-state index is 15.7. The van der Waals surface area contributed by atoms with Crippen LogP contribution in [0.3, 0.4) is 0 Å². The number of carbonyl (C=O) groups excluding carboxylic acids is 1. The molecule has 9 nitrogen and oxygen atoms in total. The van der Waals surface area contributed by atoms with Crippen LogP contribution in [0.2, 0.25) is 0 Å². The van der Waals surface area contributed by atoms with Crippen molar-refractivity contribution < 1.29 is 36.6 Å². The Balaban J connectivity index is 1.80. The van der Waals surface area contributed by atoms with Crippen LogP contribution in [-0.2, 0) is 12.6 Å². The lowest BCUT2D eigenvalue weighted by molar-refractivity contribution is -0.136. The number of nitrogens with two attached hydrogens (primary N) is 1. The number of nitrogens with one attached hydrogen (secondary N) is 1. The number of rotatable bonds is 4. The molecule has 186 valence electrons. The second kappa shape index (κ2) is 8.67. The third-order valence-electron chi connectivity index (χ3n) is 5.84. The summed E-state index contributed by atoms with van der Waals surface area (Å²) in [6.07, 6.45) is -6.84. The van der Waals surface area contributed by atoms with Gasteiger partial charge in [0.1, 0.15) is 23.8 Å². The van der Waals surface area contributed by atoms with Crippen LogP contribution in [0, 0.1) is 5.82 Å². The number of fused-ring (bicyclic) bond motifs is 1. The molecule has 0 bridgehead atoms. The van der Waals surface area contributed by atoms with Gasteiger partial charge in [-0.1, -0.05) is 13.0 Å². The van der Waals surface area contributed by atoms with Crippen molar-refractivity contribution in [1.29, 1.82) is 0 Å². The normalized spacial score (nSPS) is 18.3. The molecule has 1 aliphatic heterocycles. The average Bonchev–Trinajstić information content (AvgIpc) is 3.35. The van der Waals surface area contributed by atoms with Crippen molar-refractivity contribution in [2.24, 2.45) is 0 Å². The Morgan fingerprint density at radius 3 is 2.60 bits per heavy atom. The van der Waals surface area contributed by atoms with E-state index in [9.17, 15) is 27.2 Å². The molecule has 14 heteroatoms. The first-order valence-corrected chi connectivity index (χ1v) is 10.4. The molecule has 0 saturated carbocycles. The van der Waals surface area contributed by atoms with Gasteiger partial charge in [-0.25, -0.2) is 23.1 Å². The molecule has 0 radical (unpaired) electrons. The Kier molecular flexibility index (Phi) is 5.99. The summed E-state index contributed by atoms with van der Waals surface area (Å²) in [6, 6.07) is 2.02. The molecule has 2 atom stereocenters. The van der Waals surface area contributed by atoms with Crippen LogP contribution in [0.4, 0.5) is 32.6 Å². The molecule has 0 aliphatic carbocycles. The number of likely N-dealkylation sites (tertiary alicyclic amines) is 1. The van der Waals surface area contributed by atoms with E-state index in [2.05, 4.69) is 15.4 Å². The lowest BCUT2D eigenvalue weighted by Gasteiger charge is -2.17. The van der Waals surface area contributed by atoms with E-state index >= 15 is 4.39 Å². The highest BCUT2D eigenvalue weighted by molar-refractivity contribution is 5.98. The van der Waals surface area contributed by atoms with Gasteiger partial charge in [0, 0.05) is 12.1 Å². The van der Waals surface area contributed by atoms with Gasteiger partial charge in [0.2, 0.25) is 0 Å². The van der Waals surface area contributed by atoms with Crippen LogP contribution in [0.5, 0.6) is 0 Å². The molecule has 35 heavy (non-hydrogen) atoms. The van der Waals surface area contributed by atoms with Crippen molar-refractivity contribution in [3.8, 4) is 11.3 Å². The molecule has 1 aromatic carbocycles. The highest BCUT2D eigenvalue weighted by atomic mass is 19.4. The molecule has 3 aromatic rings. The van der Waals surface area contributed by atoms with Gasteiger partial charge in [0.25, 0.3) is 5.91 Å². The Morgan fingerprint density at radius 2 is 2.00 bits per heavy atom. The molecule has 1 aliphatic rings. The van der Waals surface area contributed by atoms with E-state index in [0.717, 1.165) is 15.7 Å². The van der Waals surface area contributed by atoms with Gasteiger partial charge in [-0.05, 0) is 24.1 Å². The fourth-order valence-corrected chi connectivity index (χ4v) is 4.13. The zero-order valence-electron chi connectivity index (χ0n) is 18.1. The van der Waals surface area contributed by atoms with E-state index in [4.69, 9.17) is 10.8 Å². The number of anilines is 1. The quantitative estimate of drug-likeness (QED) is 0.475. The molecule has 4 N–H and O–H groups in total. The van der Waals surface area contributed by atoms with Gasteiger partial charge in [-0.2, -0.15) is 18.3 Å². The second-order valence-electron chi connectivity index (χ2n) is 7.94. The molecule has 2 amide bonds. The van der Waals surface area contributed by atoms with Crippen molar-refractivity contribution >= 4 is 23.3 Å². The van der Waals surface area contributed by atoms with Crippen LogP contribution < -0.4 is 11.1 Å². The number of hydrogen-bond acceptors (Lipinski definition) is 5. The molecule has 3 heterocycles.